The summed E-state index contributed by atoms with van der Waals surface area (Å²) in [5.41, 5.74) is 6.53. The van der Waals surface area contributed by atoms with Gasteiger partial charge in [0.25, 0.3) is 0 Å². The minimum atomic E-state index is 0.100. The van der Waals surface area contributed by atoms with Gasteiger partial charge in [-0.15, -0.1) is 0 Å². The highest BCUT2D eigenvalue weighted by molar-refractivity contribution is 5.76. The molecule has 0 atom stereocenters. The lowest BCUT2D eigenvalue weighted by Gasteiger charge is -2.27. The fourth-order valence-electron chi connectivity index (χ4n) is 1.75. The molecule has 4 heteroatoms. The van der Waals surface area contributed by atoms with E-state index in [1.54, 1.807) is 7.11 Å². The van der Waals surface area contributed by atoms with E-state index in [9.17, 15) is 4.79 Å². The Bertz CT molecular complexity index is 374. The number of benzene rings is 1. The molecule has 0 aliphatic heterocycles. The van der Waals surface area contributed by atoms with Crippen LogP contribution in [0.4, 0.5) is 0 Å². The highest BCUT2D eigenvalue weighted by Gasteiger charge is 2.16. The molecule has 1 aromatic carbocycles. The minimum absolute atomic E-state index is 0.100. The first kappa shape index (κ1) is 14.5. The molecule has 0 bridgehead atoms. The Morgan fingerprint density at radius 3 is 2.39 bits per heavy atom. The highest BCUT2D eigenvalue weighted by atomic mass is 16.5. The van der Waals surface area contributed by atoms with Crippen LogP contribution >= 0.6 is 0 Å². The maximum atomic E-state index is 11.9. The van der Waals surface area contributed by atoms with E-state index in [0.717, 1.165) is 11.3 Å². The fraction of sp³-hybridized carbons (Fsp3) is 0.500. The molecule has 0 unspecified atom stereocenters. The summed E-state index contributed by atoms with van der Waals surface area (Å²) in [5.74, 6) is 0.923. The zero-order valence-electron chi connectivity index (χ0n) is 11.3. The van der Waals surface area contributed by atoms with Gasteiger partial charge in [-0.05, 0) is 31.5 Å². The molecule has 0 spiro atoms. The van der Waals surface area contributed by atoms with Crippen molar-refractivity contribution in [1.82, 2.24) is 4.90 Å². The van der Waals surface area contributed by atoms with Gasteiger partial charge < -0.3 is 15.4 Å². The maximum absolute atomic E-state index is 11.9. The molecule has 1 amide bonds. The van der Waals surface area contributed by atoms with E-state index < -0.39 is 0 Å². The van der Waals surface area contributed by atoms with Crippen LogP contribution in [0.3, 0.4) is 0 Å². The van der Waals surface area contributed by atoms with Gasteiger partial charge in [-0.25, -0.2) is 0 Å². The van der Waals surface area contributed by atoms with Crippen molar-refractivity contribution < 1.29 is 9.53 Å². The van der Waals surface area contributed by atoms with Crippen molar-refractivity contribution in [2.75, 3.05) is 13.7 Å². The predicted octanol–water partition coefficient (Wildman–Crippen LogP) is 1.78. The smallest absolute Gasteiger partial charge is 0.224 e. The van der Waals surface area contributed by atoms with E-state index in [0.29, 0.717) is 19.5 Å². The molecular weight excluding hydrogens is 228 g/mol. The number of rotatable bonds is 6. The lowest BCUT2D eigenvalue weighted by Crippen LogP contribution is -2.37. The predicted molar refractivity (Wildman–Crippen MR) is 72.4 cm³/mol. The van der Waals surface area contributed by atoms with E-state index in [-0.39, 0.29) is 11.9 Å². The van der Waals surface area contributed by atoms with Crippen LogP contribution in [0, 0.1) is 0 Å². The summed E-state index contributed by atoms with van der Waals surface area (Å²) in [6, 6.07) is 7.93. The van der Waals surface area contributed by atoms with E-state index in [1.807, 2.05) is 43.0 Å². The molecule has 0 saturated heterocycles. The quantitative estimate of drug-likeness (QED) is 0.837. The van der Waals surface area contributed by atoms with Crippen LogP contribution in [0.5, 0.6) is 5.75 Å². The average molecular weight is 250 g/mol. The summed E-state index contributed by atoms with van der Waals surface area (Å²) in [6.45, 7) is 5.03. The summed E-state index contributed by atoms with van der Waals surface area (Å²) < 4.78 is 5.11. The number of hydrogen-bond donors (Lipinski definition) is 1. The molecule has 0 fully saturated rings. The number of carbonyl (C=O) groups is 1. The van der Waals surface area contributed by atoms with Crippen LogP contribution in [0.25, 0.3) is 0 Å². The second-order valence-electron chi connectivity index (χ2n) is 4.50. The maximum Gasteiger partial charge on any atom is 0.224 e. The first-order chi connectivity index (χ1) is 8.58. The van der Waals surface area contributed by atoms with Crippen molar-refractivity contribution in [3.63, 3.8) is 0 Å². The van der Waals surface area contributed by atoms with Gasteiger partial charge in [-0.3, -0.25) is 4.79 Å². The van der Waals surface area contributed by atoms with Crippen LogP contribution in [0.2, 0.25) is 0 Å². The first-order valence-electron chi connectivity index (χ1n) is 6.21. The van der Waals surface area contributed by atoms with E-state index in [4.69, 9.17) is 10.5 Å². The normalized spacial score (nSPS) is 10.5. The molecule has 0 heterocycles. The third-order valence-corrected chi connectivity index (χ3v) is 2.81. The lowest BCUT2D eigenvalue weighted by molar-refractivity contribution is -0.133. The number of carbonyl (C=O) groups excluding carboxylic acids is 1. The Morgan fingerprint density at radius 1 is 1.33 bits per heavy atom. The molecule has 4 nitrogen and oxygen atoms in total. The van der Waals surface area contributed by atoms with Gasteiger partial charge in [0.15, 0.2) is 0 Å². The van der Waals surface area contributed by atoms with Gasteiger partial charge in [0.05, 0.1) is 7.11 Å². The molecule has 100 valence electrons. The molecule has 0 aliphatic carbocycles. The van der Waals surface area contributed by atoms with Crippen molar-refractivity contribution in [3.05, 3.63) is 29.8 Å². The molecule has 18 heavy (non-hydrogen) atoms. The van der Waals surface area contributed by atoms with Gasteiger partial charge in [0, 0.05) is 25.6 Å². The highest BCUT2D eigenvalue weighted by Crippen LogP contribution is 2.14. The van der Waals surface area contributed by atoms with E-state index in [2.05, 4.69) is 0 Å². The molecule has 1 rings (SSSR count). The number of methoxy groups -OCH3 is 1. The first-order valence-corrected chi connectivity index (χ1v) is 6.21. The number of nitrogens with two attached hydrogens (primary N) is 1. The van der Waals surface area contributed by atoms with Crippen LogP contribution < -0.4 is 10.5 Å². The Hall–Kier alpha value is -1.55. The summed E-state index contributed by atoms with van der Waals surface area (Å²) in [5, 5.41) is 0. The summed E-state index contributed by atoms with van der Waals surface area (Å²) in [6.07, 6.45) is 0.397. The summed E-state index contributed by atoms with van der Waals surface area (Å²) in [7, 11) is 1.64. The van der Waals surface area contributed by atoms with Gasteiger partial charge in [0.2, 0.25) is 5.91 Å². The number of ether oxygens (including phenoxy) is 1. The van der Waals surface area contributed by atoms with Crippen LogP contribution in [0.15, 0.2) is 24.3 Å². The van der Waals surface area contributed by atoms with Crippen LogP contribution in [0.1, 0.15) is 25.8 Å². The van der Waals surface area contributed by atoms with Crippen molar-refractivity contribution in [2.45, 2.75) is 32.9 Å². The average Bonchev–Trinajstić information content (AvgIpc) is 2.36. The van der Waals surface area contributed by atoms with Gasteiger partial charge in [-0.2, -0.15) is 0 Å². The Balaban J connectivity index is 2.73. The number of hydrogen-bond acceptors (Lipinski definition) is 3. The summed E-state index contributed by atoms with van der Waals surface area (Å²) >= 11 is 0. The monoisotopic (exact) mass is 250 g/mol. The lowest BCUT2D eigenvalue weighted by atomic mass is 10.1. The van der Waals surface area contributed by atoms with Gasteiger partial charge >= 0.3 is 0 Å². The molecule has 2 N–H and O–H groups in total. The molecular formula is C14H22N2O2. The topological polar surface area (TPSA) is 55.6 Å². The molecule has 0 aliphatic rings. The second-order valence-corrected chi connectivity index (χ2v) is 4.50. The van der Waals surface area contributed by atoms with E-state index >= 15 is 0 Å². The van der Waals surface area contributed by atoms with Crippen molar-refractivity contribution in [1.29, 1.82) is 0 Å². The van der Waals surface area contributed by atoms with Crippen molar-refractivity contribution in [2.24, 2.45) is 5.73 Å². The molecule has 0 saturated carbocycles. The van der Waals surface area contributed by atoms with Crippen molar-refractivity contribution in [3.8, 4) is 5.75 Å². The third kappa shape index (κ3) is 4.04. The standard InChI is InChI=1S/C14H22N2O2/c1-11(2)16(14(17)8-9-15)10-12-4-6-13(18-3)7-5-12/h4-7,11H,8-10,15H2,1-3H3. The number of amides is 1. The number of nitrogens with zero attached hydrogens (tertiary/aromatic N) is 1. The Labute approximate surface area is 109 Å². The zero-order valence-corrected chi connectivity index (χ0v) is 11.3. The minimum Gasteiger partial charge on any atom is -0.497 e. The molecule has 1 aromatic rings. The third-order valence-electron chi connectivity index (χ3n) is 2.81. The second kappa shape index (κ2) is 7.01. The molecule has 0 aromatic heterocycles. The SMILES string of the molecule is COc1ccc(CN(C(=O)CCN)C(C)C)cc1. The van der Waals surface area contributed by atoms with Gasteiger partial charge in [-0.1, -0.05) is 12.1 Å². The molecule has 0 radical (unpaired) electrons. The Morgan fingerprint density at radius 2 is 1.94 bits per heavy atom. The Kier molecular flexibility index (Phi) is 5.65. The zero-order chi connectivity index (χ0) is 13.5. The van der Waals surface area contributed by atoms with Crippen LogP contribution in [-0.2, 0) is 11.3 Å². The fourth-order valence-corrected chi connectivity index (χ4v) is 1.75. The summed E-state index contributed by atoms with van der Waals surface area (Å²) in [4.78, 5) is 13.8. The largest absolute Gasteiger partial charge is 0.497 e. The van der Waals surface area contributed by atoms with Crippen molar-refractivity contribution >= 4 is 5.91 Å². The van der Waals surface area contributed by atoms with Gasteiger partial charge in [0.1, 0.15) is 5.75 Å². The van der Waals surface area contributed by atoms with E-state index in [1.165, 1.54) is 0 Å². The van der Waals surface area contributed by atoms with Crippen LogP contribution in [-0.4, -0.2) is 30.5 Å².